The molecule has 4 heteroatoms. The molecule has 11 heavy (non-hydrogen) atoms. The summed E-state index contributed by atoms with van der Waals surface area (Å²) in [5, 5.41) is 9.05. The maximum Gasteiger partial charge on any atom is 0.417 e. The Balaban J connectivity index is 2.64. The van der Waals surface area contributed by atoms with Crippen LogP contribution in [0.15, 0.2) is 0 Å². The van der Waals surface area contributed by atoms with Gasteiger partial charge in [-0.1, -0.05) is 6.42 Å². The van der Waals surface area contributed by atoms with E-state index in [2.05, 4.69) is 0 Å². The molecule has 1 unspecified atom stereocenters. The van der Waals surface area contributed by atoms with Gasteiger partial charge in [0, 0.05) is 0 Å². The van der Waals surface area contributed by atoms with Crippen LogP contribution in [0.4, 0.5) is 13.2 Å². The Morgan fingerprint density at radius 3 is 1.82 bits per heavy atom. The van der Waals surface area contributed by atoms with Crippen LogP contribution in [-0.2, 0) is 0 Å². The first-order valence-corrected chi connectivity index (χ1v) is 3.65. The summed E-state index contributed by atoms with van der Waals surface area (Å²) < 4.78 is 36.2. The van der Waals surface area contributed by atoms with Crippen LogP contribution >= 0.6 is 0 Å². The molecule has 0 aromatic rings. The minimum absolute atomic E-state index is 0.493. The zero-order valence-corrected chi connectivity index (χ0v) is 6.28. The van der Waals surface area contributed by atoms with E-state index < -0.39 is 17.7 Å². The maximum atomic E-state index is 12.1. The molecule has 0 aliphatic heterocycles. The Morgan fingerprint density at radius 2 is 1.73 bits per heavy atom. The van der Waals surface area contributed by atoms with Gasteiger partial charge in [0.25, 0.3) is 0 Å². The van der Waals surface area contributed by atoms with Crippen LogP contribution in [0.1, 0.15) is 26.2 Å². The molecule has 1 rings (SSSR count). The Kier molecular flexibility index (Phi) is 1.90. The van der Waals surface area contributed by atoms with Gasteiger partial charge in [-0.3, -0.25) is 0 Å². The molecule has 1 N–H and O–H groups in total. The second-order valence-electron chi connectivity index (χ2n) is 3.27. The van der Waals surface area contributed by atoms with E-state index >= 15 is 0 Å². The number of hydrogen-bond acceptors (Lipinski definition) is 1. The fourth-order valence-corrected chi connectivity index (χ4v) is 1.20. The van der Waals surface area contributed by atoms with E-state index in [1.165, 1.54) is 0 Å². The highest BCUT2D eigenvalue weighted by Gasteiger charge is 2.55. The number of rotatable bonds is 1. The lowest BCUT2D eigenvalue weighted by Crippen LogP contribution is -2.50. The summed E-state index contributed by atoms with van der Waals surface area (Å²) in [7, 11) is 0. The number of halogens is 3. The van der Waals surface area contributed by atoms with Gasteiger partial charge in [-0.15, -0.1) is 0 Å². The second kappa shape index (κ2) is 2.37. The lowest BCUT2D eigenvalue weighted by molar-refractivity contribution is -0.279. The monoisotopic (exact) mass is 168 g/mol. The van der Waals surface area contributed by atoms with Crippen LogP contribution in [0.2, 0.25) is 0 Å². The Morgan fingerprint density at radius 1 is 1.27 bits per heavy atom. The molecule has 0 bridgehead atoms. The fraction of sp³-hybridized carbons (Fsp3) is 1.00. The molecule has 0 saturated heterocycles. The van der Waals surface area contributed by atoms with Gasteiger partial charge in [-0.05, 0) is 25.7 Å². The summed E-state index contributed by atoms with van der Waals surface area (Å²) in [6, 6.07) is 0. The van der Waals surface area contributed by atoms with Crippen molar-refractivity contribution in [2.45, 2.75) is 38.0 Å². The zero-order chi connectivity index (χ0) is 8.70. The standard InChI is InChI=1S/C7H11F3O/c1-6(11,7(8,9)10)5-3-2-4-5/h5,11H,2-4H2,1H3. The van der Waals surface area contributed by atoms with E-state index in [0.717, 1.165) is 13.3 Å². The molecule has 1 nitrogen and oxygen atoms in total. The molecule has 0 radical (unpaired) electrons. The highest BCUT2D eigenvalue weighted by atomic mass is 19.4. The van der Waals surface area contributed by atoms with Crippen molar-refractivity contribution in [2.24, 2.45) is 5.92 Å². The average molecular weight is 168 g/mol. The van der Waals surface area contributed by atoms with Crippen molar-refractivity contribution in [2.75, 3.05) is 0 Å². The summed E-state index contributed by atoms with van der Waals surface area (Å²) in [5.74, 6) is -0.581. The largest absolute Gasteiger partial charge is 0.417 e. The van der Waals surface area contributed by atoms with Gasteiger partial charge in [-0.25, -0.2) is 0 Å². The van der Waals surface area contributed by atoms with Crippen LogP contribution in [-0.4, -0.2) is 16.9 Å². The van der Waals surface area contributed by atoms with Crippen molar-refractivity contribution < 1.29 is 18.3 Å². The van der Waals surface area contributed by atoms with Crippen LogP contribution in [0.5, 0.6) is 0 Å². The van der Waals surface area contributed by atoms with Crippen molar-refractivity contribution in [1.29, 1.82) is 0 Å². The molecule has 1 aliphatic rings. The van der Waals surface area contributed by atoms with Crippen LogP contribution < -0.4 is 0 Å². The zero-order valence-electron chi connectivity index (χ0n) is 6.28. The van der Waals surface area contributed by atoms with Gasteiger partial charge in [0.15, 0.2) is 5.60 Å². The van der Waals surface area contributed by atoms with Gasteiger partial charge in [0.05, 0.1) is 0 Å². The summed E-state index contributed by atoms with van der Waals surface area (Å²) in [6.45, 7) is 0.858. The summed E-state index contributed by atoms with van der Waals surface area (Å²) in [5.41, 5.74) is -2.47. The Labute approximate surface area is 63.2 Å². The quantitative estimate of drug-likeness (QED) is 0.635. The van der Waals surface area contributed by atoms with Crippen LogP contribution in [0, 0.1) is 5.92 Å². The molecule has 0 aromatic heterocycles. The first-order chi connectivity index (χ1) is 4.86. The SMILES string of the molecule is CC(O)(C1CCC1)C(F)(F)F. The minimum Gasteiger partial charge on any atom is -0.380 e. The number of alkyl halides is 3. The van der Waals surface area contributed by atoms with Crippen molar-refractivity contribution in [1.82, 2.24) is 0 Å². The fourth-order valence-electron chi connectivity index (χ4n) is 1.20. The molecular weight excluding hydrogens is 157 g/mol. The molecule has 1 saturated carbocycles. The highest BCUT2D eigenvalue weighted by Crippen LogP contribution is 2.44. The summed E-state index contributed by atoms with van der Waals surface area (Å²) in [4.78, 5) is 0. The maximum absolute atomic E-state index is 12.1. The predicted octanol–water partition coefficient (Wildman–Crippen LogP) is 2.10. The molecule has 1 fully saturated rings. The van der Waals surface area contributed by atoms with Crippen molar-refractivity contribution in [3.63, 3.8) is 0 Å². The van der Waals surface area contributed by atoms with E-state index in [9.17, 15) is 13.2 Å². The molecule has 0 spiro atoms. The Bertz CT molecular complexity index is 146. The minimum atomic E-state index is -4.47. The van der Waals surface area contributed by atoms with Gasteiger partial charge in [0.2, 0.25) is 0 Å². The van der Waals surface area contributed by atoms with Crippen LogP contribution in [0.25, 0.3) is 0 Å². The summed E-state index contributed by atoms with van der Waals surface area (Å²) in [6.07, 6.45) is -2.69. The van der Waals surface area contributed by atoms with E-state index in [1.54, 1.807) is 0 Å². The first-order valence-electron chi connectivity index (χ1n) is 3.65. The number of aliphatic hydroxyl groups is 1. The van der Waals surface area contributed by atoms with Gasteiger partial charge in [0.1, 0.15) is 0 Å². The summed E-state index contributed by atoms with van der Waals surface area (Å²) >= 11 is 0. The topological polar surface area (TPSA) is 20.2 Å². The second-order valence-corrected chi connectivity index (χ2v) is 3.27. The normalized spacial score (nSPS) is 25.9. The molecule has 0 heterocycles. The molecule has 1 aliphatic carbocycles. The number of hydrogen-bond donors (Lipinski definition) is 1. The van der Waals surface area contributed by atoms with E-state index in [4.69, 9.17) is 5.11 Å². The van der Waals surface area contributed by atoms with Crippen molar-refractivity contribution in [3.05, 3.63) is 0 Å². The van der Waals surface area contributed by atoms with E-state index in [0.29, 0.717) is 12.8 Å². The van der Waals surface area contributed by atoms with Crippen molar-refractivity contribution in [3.8, 4) is 0 Å². The Hall–Kier alpha value is -0.250. The third kappa shape index (κ3) is 1.36. The third-order valence-corrected chi connectivity index (χ3v) is 2.47. The molecule has 1 atom stereocenters. The third-order valence-electron chi connectivity index (χ3n) is 2.47. The highest BCUT2D eigenvalue weighted by molar-refractivity contribution is 4.92. The smallest absolute Gasteiger partial charge is 0.380 e. The van der Waals surface area contributed by atoms with Gasteiger partial charge in [-0.2, -0.15) is 13.2 Å². The van der Waals surface area contributed by atoms with E-state index in [-0.39, 0.29) is 0 Å². The predicted molar refractivity (Wildman–Crippen MR) is 34.0 cm³/mol. The lowest BCUT2D eigenvalue weighted by Gasteiger charge is -2.39. The molecule has 66 valence electrons. The molecule has 0 aromatic carbocycles. The van der Waals surface area contributed by atoms with Gasteiger partial charge < -0.3 is 5.11 Å². The lowest BCUT2D eigenvalue weighted by atomic mass is 9.73. The van der Waals surface area contributed by atoms with Crippen molar-refractivity contribution >= 4 is 0 Å². The van der Waals surface area contributed by atoms with Gasteiger partial charge >= 0.3 is 6.18 Å². The first kappa shape index (κ1) is 8.84. The van der Waals surface area contributed by atoms with E-state index in [1.807, 2.05) is 0 Å². The molecule has 0 amide bonds. The van der Waals surface area contributed by atoms with Crippen LogP contribution in [0.3, 0.4) is 0 Å². The average Bonchev–Trinajstić information content (AvgIpc) is 1.53. The molecular formula is C7H11F3O.